The van der Waals surface area contributed by atoms with Gasteiger partial charge in [-0.25, -0.2) is 0 Å². The maximum Gasteiger partial charge on any atom is 0.416 e. The molecule has 4 rings (SSSR count). The summed E-state index contributed by atoms with van der Waals surface area (Å²) < 4.78 is 38.6. The van der Waals surface area contributed by atoms with Crippen molar-refractivity contribution in [3.63, 3.8) is 0 Å². The van der Waals surface area contributed by atoms with E-state index in [0.717, 1.165) is 29.8 Å². The van der Waals surface area contributed by atoms with Crippen molar-refractivity contribution < 1.29 is 22.8 Å². The second-order valence-corrected chi connectivity index (χ2v) is 8.09. The van der Waals surface area contributed by atoms with Crippen LogP contribution in [-0.4, -0.2) is 23.3 Å². The minimum absolute atomic E-state index is 0.0134. The van der Waals surface area contributed by atoms with Crippen LogP contribution in [0, 0.1) is 0 Å². The Morgan fingerprint density at radius 3 is 2.44 bits per heavy atom. The first-order valence-electron chi connectivity index (χ1n) is 11.0. The summed E-state index contributed by atoms with van der Waals surface area (Å²) in [5.74, 6) is -0.404. The molecule has 0 spiro atoms. The second kappa shape index (κ2) is 9.59. The number of fused-ring (bicyclic) bond motifs is 1. The van der Waals surface area contributed by atoms with Gasteiger partial charge >= 0.3 is 6.18 Å². The number of carbonyl (C=O) groups is 2. The third-order valence-electron chi connectivity index (χ3n) is 5.68. The number of rotatable bonds is 7. The van der Waals surface area contributed by atoms with Crippen LogP contribution in [0.1, 0.15) is 56.9 Å². The number of nitrogens with zero attached hydrogens (tertiary/aromatic N) is 1. The molecule has 176 valence electrons. The highest BCUT2D eigenvalue weighted by atomic mass is 19.4. The van der Waals surface area contributed by atoms with Crippen LogP contribution in [0.2, 0.25) is 0 Å². The maximum atomic E-state index is 12.9. The van der Waals surface area contributed by atoms with Gasteiger partial charge in [0, 0.05) is 35.5 Å². The Kier molecular flexibility index (Phi) is 6.58. The number of hydrogen-bond acceptors (Lipinski definition) is 3. The molecule has 0 saturated carbocycles. The van der Waals surface area contributed by atoms with Crippen LogP contribution < -0.4 is 10.6 Å². The molecule has 3 aromatic rings. The normalized spacial score (nSPS) is 15.2. The Bertz CT molecular complexity index is 1190. The smallest absolute Gasteiger partial charge is 0.361 e. The van der Waals surface area contributed by atoms with Gasteiger partial charge in [0.1, 0.15) is 6.17 Å². The van der Waals surface area contributed by atoms with Gasteiger partial charge in [-0.05, 0) is 54.4 Å². The predicted molar refractivity (Wildman–Crippen MR) is 123 cm³/mol. The van der Waals surface area contributed by atoms with Crippen molar-refractivity contribution in [3.05, 3.63) is 101 Å². The average molecular weight is 467 g/mol. The van der Waals surface area contributed by atoms with E-state index in [4.69, 9.17) is 0 Å². The third-order valence-corrected chi connectivity index (χ3v) is 5.68. The van der Waals surface area contributed by atoms with Crippen LogP contribution in [0.5, 0.6) is 0 Å². The summed E-state index contributed by atoms with van der Waals surface area (Å²) >= 11 is 0. The van der Waals surface area contributed by atoms with Crippen molar-refractivity contribution in [2.75, 3.05) is 11.9 Å². The molecule has 2 N–H and O–H groups in total. The van der Waals surface area contributed by atoms with Crippen molar-refractivity contribution in [2.24, 2.45) is 0 Å². The molecule has 0 unspecified atom stereocenters. The molecule has 1 aliphatic rings. The Labute approximate surface area is 195 Å². The Morgan fingerprint density at radius 2 is 1.74 bits per heavy atom. The lowest BCUT2D eigenvalue weighted by Gasteiger charge is -2.26. The number of hydrogen-bond donors (Lipinski definition) is 2. The molecule has 5 nitrogen and oxygen atoms in total. The Balaban J connectivity index is 1.42. The molecule has 0 bridgehead atoms. The molecule has 34 heavy (non-hydrogen) atoms. The summed E-state index contributed by atoms with van der Waals surface area (Å²) in [6.07, 6.45) is -3.91. The van der Waals surface area contributed by atoms with Crippen LogP contribution in [0.4, 0.5) is 18.9 Å². The van der Waals surface area contributed by atoms with Gasteiger partial charge in [0.2, 0.25) is 0 Å². The molecule has 8 heteroatoms. The molecule has 0 aliphatic carbocycles. The minimum Gasteiger partial charge on any atom is -0.361 e. The lowest BCUT2D eigenvalue weighted by Crippen LogP contribution is -2.33. The molecular weight excluding hydrogens is 443 g/mol. The van der Waals surface area contributed by atoms with Crippen molar-refractivity contribution in [3.8, 4) is 0 Å². The van der Waals surface area contributed by atoms with Gasteiger partial charge in [-0.2, -0.15) is 13.2 Å². The van der Waals surface area contributed by atoms with Gasteiger partial charge in [-0.1, -0.05) is 37.3 Å². The predicted octanol–water partition coefficient (Wildman–Crippen LogP) is 5.61. The van der Waals surface area contributed by atoms with E-state index >= 15 is 0 Å². The van der Waals surface area contributed by atoms with E-state index in [1.54, 1.807) is 29.2 Å². The topological polar surface area (TPSA) is 61.4 Å². The lowest BCUT2D eigenvalue weighted by molar-refractivity contribution is -0.137. The van der Waals surface area contributed by atoms with Gasteiger partial charge in [-0.3, -0.25) is 9.59 Å². The van der Waals surface area contributed by atoms with E-state index in [9.17, 15) is 22.8 Å². The highest BCUT2D eigenvalue weighted by molar-refractivity contribution is 5.99. The Hall–Kier alpha value is -3.81. The van der Waals surface area contributed by atoms with E-state index < -0.39 is 17.6 Å². The van der Waals surface area contributed by atoms with Gasteiger partial charge in [-0.15, -0.1) is 0 Å². The fourth-order valence-electron chi connectivity index (χ4n) is 4.02. The highest BCUT2D eigenvalue weighted by Crippen LogP contribution is 2.34. The van der Waals surface area contributed by atoms with Crippen molar-refractivity contribution in [1.82, 2.24) is 10.2 Å². The molecule has 2 amide bonds. The van der Waals surface area contributed by atoms with E-state index in [1.165, 1.54) is 12.1 Å². The first kappa shape index (κ1) is 23.4. The van der Waals surface area contributed by atoms with Crippen molar-refractivity contribution in [2.45, 2.75) is 32.2 Å². The monoisotopic (exact) mass is 467 g/mol. The van der Waals surface area contributed by atoms with Gasteiger partial charge in [0.15, 0.2) is 0 Å². The molecule has 1 aliphatic heterocycles. The quantitative estimate of drug-likeness (QED) is 0.475. The Morgan fingerprint density at radius 1 is 1.00 bits per heavy atom. The number of nitrogens with one attached hydrogen (secondary N) is 2. The summed E-state index contributed by atoms with van der Waals surface area (Å²) in [7, 11) is 0. The second-order valence-electron chi connectivity index (χ2n) is 8.09. The van der Waals surface area contributed by atoms with Crippen LogP contribution in [0.3, 0.4) is 0 Å². The molecular formula is C26H24F3N3O2. The fourth-order valence-corrected chi connectivity index (χ4v) is 4.02. The molecule has 1 atom stereocenters. The zero-order valence-electron chi connectivity index (χ0n) is 18.5. The summed E-state index contributed by atoms with van der Waals surface area (Å²) in [6.45, 7) is 2.61. The molecule has 3 aromatic carbocycles. The van der Waals surface area contributed by atoms with E-state index in [0.29, 0.717) is 23.2 Å². The van der Waals surface area contributed by atoms with E-state index in [-0.39, 0.29) is 18.6 Å². The summed E-state index contributed by atoms with van der Waals surface area (Å²) in [5, 5.41) is 6.02. The van der Waals surface area contributed by atoms with Crippen LogP contribution in [-0.2, 0) is 12.7 Å². The van der Waals surface area contributed by atoms with E-state index in [1.807, 2.05) is 31.2 Å². The number of carbonyl (C=O) groups excluding carboxylic acids is 2. The summed E-state index contributed by atoms with van der Waals surface area (Å²) in [6, 6.07) is 19.1. The van der Waals surface area contributed by atoms with Crippen LogP contribution >= 0.6 is 0 Å². The van der Waals surface area contributed by atoms with E-state index in [2.05, 4.69) is 10.6 Å². The standard InChI is InChI=1S/C26H24F3N3O2/c1-2-14-32-23(21-8-3-4-9-22(21)25(32)34)31-20-12-10-18(11-13-20)24(33)30-16-17-6-5-7-19(15-17)26(27,28)29/h3-13,15,23,31H,2,14,16H2,1H3,(H,30,33)/t23-/m0/s1. The summed E-state index contributed by atoms with van der Waals surface area (Å²) in [4.78, 5) is 27.1. The molecule has 0 saturated heterocycles. The maximum absolute atomic E-state index is 12.9. The number of anilines is 1. The SMILES string of the molecule is CCCN1C(=O)c2ccccc2[C@H]1Nc1ccc(C(=O)NCc2cccc(C(F)(F)F)c2)cc1. The lowest BCUT2D eigenvalue weighted by atomic mass is 10.1. The first-order chi connectivity index (χ1) is 16.3. The molecule has 1 heterocycles. The molecule has 0 aromatic heterocycles. The highest BCUT2D eigenvalue weighted by Gasteiger charge is 2.35. The van der Waals surface area contributed by atoms with Crippen LogP contribution in [0.15, 0.2) is 72.8 Å². The average Bonchev–Trinajstić information content (AvgIpc) is 3.09. The van der Waals surface area contributed by atoms with Gasteiger partial charge < -0.3 is 15.5 Å². The zero-order chi connectivity index (χ0) is 24.3. The number of halogens is 3. The van der Waals surface area contributed by atoms with Crippen molar-refractivity contribution in [1.29, 1.82) is 0 Å². The molecule has 0 radical (unpaired) electrons. The first-order valence-corrected chi connectivity index (χ1v) is 11.0. The van der Waals surface area contributed by atoms with Crippen LogP contribution in [0.25, 0.3) is 0 Å². The van der Waals surface area contributed by atoms with Gasteiger partial charge in [0.05, 0.1) is 5.56 Å². The molecule has 0 fully saturated rings. The zero-order valence-corrected chi connectivity index (χ0v) is 18.5. The number of amides is 2. The fraction of sp³-hybridized carbons (Fsp3) is 0.231. The van der Waals surface area contributed by atoms with Crippen molar-refractivity contribution >= 4 is 17.5 Å². The number of alkyl halides is 3. The minimum atomic E-state index is -4.43. The largest absolute Gasteiger partial charge is 0.416 e. The summed E-state index contributed by atoms with van der Waals surface area (Å²) in [5.41, 5.74) is 2.32. The van der Waals surface area contributed by atoms with Gasteiger partial charge in [0.25, 0.3) is 11.8 Å². The third kappa shape index (κ3) is 4.90. The number of benzene rings is 3.